The first kappa shape index (κ1) is 18.6. The van der Waals surface area contributed by atoms with Gasteiger partial charge in [0.2, 0.25) is 0 Å². The fourth-order valence-electron chi connectivity index (χ4n) is 3.85. The van der Waals surface area contributed by atoms with Crippen molar-refractivity contribution in [3.63, 3.8) is 0 Å². The number of methoxy groups -OCH3 is 1. The molecule has 0 saturated carbocycles. The molecule has 28 heavy (non-hydrogen) atoms. The maximum absolute atomic E-state index is 14.3. The number of benzene rings is 1. The summed E-state index contributed by atoms with van der Waals surface area (Å²) in [4.78, 5) is 6.37. The lowest BCUT2D eigenvalue weighted by Crippen LogP contribution is -2.35. The van der Waals surface area contributed by atoms with E-state index in [0.717, 1.165) is 37.6 Å². The lowest BCUT2D eigenvalue weighted by molar-refractivity contribution is 0.193. The van der Waals surface area contributed by atoms with Crippen LogP contribution in [0.15, 0.2) is 36.9 Å². The van der Waals surface area contributed by atoms with Crippen molar-refractivity contribution in [3.05, 3.63) is 59.9 Å². The largest absolute Gasteiger partial charge is 0.497 e. The van der Waals surface area contributed by atoms with Crippen LogP contribution in [0.4, 0.5) is 4.39 Å². The lowest BCUT2D eigenvalue weighted by Gasteiger charge is -2.32. The van der Waals surface area contributed by atoms with Crippen LogP contribution in [0.25, 0.3) is 0 Å². The van der Waals surface area contributed by atoms with E-state index in [1.807, 2.05) is 29.9 Å². The van der Waals surface area contributed by atoms with Crippen LogP contribution in [0.1, 0.15) is 36.0 Å². The second-order valence-electron chi connectivity index (χ2n) is 7.30. The number of ether oxygens (including phenoxy) is 1. The average Bonchev–Trinajstić information content (AvgIpc) is 3.34. The minimum Gasteiger partial charge on any atom is -0.497 e. The normalized spacial score (nSPS) is 17.8. The van der Waals surface area contributed by atoms with Gasteiger partial charge in [0.1, 0.15) is 17.4 Å². The van der Waals surface area contributed by atoms with E-state index >= 15 is 0 Å². The van der Waals surface area contributed by atoms with Crippen LogP contribution in [0.2, 0.25) is 0 Å². The van der Waals surface area contributed by atoms with Gasteiger partial charge in [-0.15, -0.1) is 10.2 Å². The summed E-state index contributed by atoms with van der Waals surface area (Å²) >= 11 is 0. The van der Waals surface area contributed by atoms with Gasteiger partial charge in [0.15, 0.2) is 5.82 Å². The predicted molar refractivity (Wildman–Crippen MR) is 103 cm³/mol. The molecular weight excluding hydrogens is 359 g/mol. The van der Waals surface area contributed by atoms with Crippen LogP contribution in [-0.2, 0) is 20.1 Å². The summed E-state index contributed by atoms with van der Waals surface area (Å²) in [5.41, 5.74) is 0.695. The Balaban J connectivity index is 1.45. The molecule has 0 unspecified atom stereocenters. The molecule has 3 heterocycles. The first-order valence-electron chi connectivity index (χ1n) is 9.52. The summed E-state index contributed by atoms with van der Waals surface area (Å²) in [7, 11) is 3.56. The quantitative estimate of drug-likeness (QED) is 0.654. The van der Waals surface area contributed by atoms with Crippen LogP contribution in [0, 0.1) is 5.82 Å². The number of likely N-dealkylation sites (tertiary alicyclic amines) is 1. The van der Waals surface area contributed by atoms with Gasteiger partial charge in [-0.1, -0.05) is 6.07 Å². The number of imidazole rings is 1. The van der Waals surface area contributed by atoms with Gasteiger partial charge in [-0.25, -0.2) is 9.37 Å². The highest BCUT2D eigenvalue weighted by molar-refractivity contribution is 5.29. The van der Waals surface area contributed by atoms with E-state index < -0.39 is 0 Å². The number of piperidine rings is 1. The maximum atomic E-state index is 14.3. The van der Waals surface area contributed by atoms with Crippen molar-refractivity contribution < 1.29 is 9.13 Å². The molecule has 3 aromatic rings. The molecule has 1 fully saturated rings. The van der Waals surface area contributed by atoms with Gasteiger partial charge in [0.05, 0.1) is 20.0 Å². The van der Waals surface area contributed by atoms with Crippen LogP contribution >= 0.6 is 0 Å². The van der Waals surface area contributed by atoms with Crippen molar-refractivity contribution in [3.8, 4) is 5.75 Å². The Morgan fingerprint density at radius 3 is 2.89 bits per heavy atom. The monoisotopic (exact) mass is 384 g/mol. The Morgan fingerprint density at radius 1 is 1.25 bits per heavy atom. The molecule has 1 aromatic carbocycles. The molecule has 1 aliphatic heterocycles. The molecule has 8 heteroatoms. The summed E-state index contributed by atoms with van der Waals surface area (Å²) in [6.07, 6.45) is 7.58. The van der Waals surface area contributed by atoms with Crippen LogP contribution in [0.5, 0.6) is 5.75 Å². The molecule has 0 aliphatic carbocycles. The van der Waals surface area contributed by atoms with Crippen molar-refractivity contribution in [1.82, 2.24) is 29.2 Å². The van der Waals surface area contributed by atoms with Crippen molar-refractivity contribution in [2.75, 3.05) is 20.2 Å². The highest BCUT2D eigenvalue weighted by Gasteiger charge is 2.26. The first-order valence-corrected chi connectivity index (χ1v) is 9.52. The van der Waals surface area contributed by atoms with Gasteiger partial charge in [-0.2, -0.15) is 0 Å². The van der Waals surface area contributed by atoms with E-state index in [9.17, 15) is 4.39 Å². The lowest BCUT2D eigenvalue weighted by atomic mass is 9.96. The van der Waals surface area contributed by atoms with Gasteiger partial charge in [-0.05, 0) is 25.5 Å². The number of halogens is 1. The smallest absolute Gasteiger partial charge is 0.152 e. The fourth-order valence-corrected chi connectivity index (χ4v) is 3.85. The van der Waals surface area contributed by atoms with E-state index in [4.69, 9.17) is 4.74 Å². The number of hydrogen-bond donors (Lipinski definition) is 0. The Morgan fingerprint density at radius 2 is 2.14 bits per heavy atom. The highest BCUT2D eigenvalue weighted by Crippen LogP contribution is 2.27. The zero-order valence-electron chi connectivity index (χ0n) is 16.3. The maximum Gasteiger partial charge on any atom is 0.152 e. The van der Waals surface area contributed by atoms with Gasteiger partial charge < -0.3 is 13.9 Å². The molecule has 7 nitrogen and oxygen atoms in total. The van der Waals surface area contributed by atoms with E-state index in [0.29, 0.717) is 30.3 Å². The summed E-state index contributed by atoms with van der Waals surface area (Å²) in [6, 6.07) is 5.07. The van der Waals surface area contributed by atoms with Gasteiger partial charge in [0, 0.05) is 50.1 Å². The second-order valence-corrected chi connectivity index (χ2v) is 7.30. The number of rotatable bonds is 6. The molecule has 0 amide bonds. The predicted octanol–water partition coefficient (Wildman–Crippen LogP) is 2.59. The fraction of sp³-hybridized carbons (Fsp3) is 0.450. The summed E-state index contributed by atoms with van der Waals surface area (Å²) in [5, 5.41) is 8.84. The number of nitrogens with zero attached hydrogens (tertiary/aromatic N) is 6. The third-order valence-electron chi connectivity index (χ3n) is 5.41. The molecule has 1 saturated heterocycles. The third kappa shape index (κ3) is 3.91. The van der Waals surface area contributed by atoms with Crippen LogP contribution in [-0.4, -0.2) is 49.4 Å². The van der Waals surface area contributed by atoms with Crippen LogP contribution in [0.3, 0.4) is 0 Å². The van der Waals surface area contributed by atoms with Crippen molar-refractivity contribution in [2.45, 2.75) is 31.8 Å². The van der Waals surface area contributed by atoms with Crippen molar-refractivity contribution in [1.29, 1.82) is 0 Å². The molecule has 0 bridgehead atoms. The summed E-state index contributed by atoms with van der Waals surface area (Å²) < 4.78 is 23.5. The summed E-state index contributed by atoms with van der Waals surface area (Å²) in [5.74, 6) is 2.52. The Hall–Kier alpha value is -2.74. The minimum absolute atomic E-state index is 0.220. The minimum atomic E-state index is -0.220. The van der Waals surface area contributed by atoms with Gasteiger partial charge in [-0.3, -0.25) is 4.90 Å². The topological polar surface area (TPSA) is 61.0 Å². The van der Waals surface area contributed by atoms with Crippen molar-refractivity contribution >= 4 is 0 Å². The van der Waals surface area contributed by atoms with E-state index in [1.54, 1.807) is 19.6 Å². The molecular formula is C20H25FN6O. The molecule has 2 aromatic heterocycles. The van der Waals surface area contributed by atoms with E-state index in [1.165, 1.54) is 6.07 Å². The molecule has 1 aliphatic rings. The first-order chi connectivity index (χ1) is 13.6. The SMILES string of the molecule is COc1ccc(CN2CCC[C@H](c3nnc(Cn4ccnc4)n3C)C2)c(F)c1. The van der Waals surface area contributed by atoms with Gasteiger partial charge >= 0.3 is 0 Å². The molecule has 1 atom stereocenters. The van der Waals surface area contributed by atoms with E-state index in [2.05, 4.69) is 24.6 Å². The zero-order chi connectivity index (χ0) is 19.5. The third-order valence-corrected chi connectivity index (χ3v) is 5.41. The number of hydrogen-bond acceptors (Lipinski definition) is 5. The average molecular weight is 384 g/mol. The molecule has 0 N–H and O–H groups in total. The van der Waals surface area contributed by atoms with Gasteiger partial charge in [0.25, 0.3) is 0 Å². The van der Waals surface area contributed by atoms with E-state index in [-0.39, 0.29) is 5.82 Å². The standard InChI is InChI=1S/C20H25FN6O/c1-25-19(13-27-9-7-22-14-27)23-24-20(25)16-4-3-8-26(12-16)11-15-5-6-17(28-2)10-18(15)21/h5-7,9-10,14,16H,3-4,8,11-13H2,1-2H3/t16-/m0/s1. The molecule has 148 valence electrons. The van der Waals surface area contributed by atoms with Crippen molar-refractivity contribution in [2.24, 2.45) is 7.05 Å². The Labute approximate surface area is 163 Å². The molecule has 0 spiro atoms. The highest BCUT2D eigenvalue weighted by atomic mass is 19.1. The number of aromatic nitrogens is 5. The summed E-state index contributed by atoms with van der Waals surface area (Å²) in [6.45, 7) is 3.05. The Kier molecular flexibility index (Phi) is 5.38. The zero-order valence-corrected chi connectivity index (χ0v) is 16.3. The second kappa shape index (κ2) is 8.10. The Bertz CT molecular complexity index is 923. The molecule has 4 rings (SSSR count). The molecule has 0 radical (unpaired) electrons. The van der Waals surface area contributed by atoms with Crippen LogP contribution < -0.4 is 4.74 Å².